The van der Waals surface area contributed by atoms with E-state index in [2.05, 4.69) is 32.5 Å². The first kappa shape index (κ1) is 23.9. The Kier molecular flexibility index (Phi) is 7.73. The van der Waals surface area contributed by atoms with Crippen LogP contribution >= 0.6 is 0 Å². The highest BCUT2D eigenvalue weighted by molar-refractivity contribution is 7.92. The zero-order chi connectivity index (χ0) is 23.8. The summed E-state index contributed by atoms with van der Waals surface area (Å²) in [6.07, 6.45) is 7.11. The van der Waals surface area contributed by atoms with Crippen molar-refractivity contribution in [2.75, 3.05) is 4.72 Å². The molecule has 172 valence electrons. The zero-order valence-electron chi connectivity index (χ0n) is 18.3. The van der Waals surface area contributed by atoms with Crippen LogP contribution in [0.3, 0.4) is 0 Å². The van der Waals surface area contributed by atoms with Crippen LogP contribution < -0.4 is 15.6 Å². The molecule has 0 aliphatic rings. The van der Waals surface area contributed by atoms with Crippen LogP contribution in [0.4, 0.5) is 5.69 Å². The average molecular weight is 468 g/mol. The molecule has 3 aromatic rings. The molecular weight excluding hydrogens is 442 g/mol. The number of aryl methyl sites for hydroxylation is 2. The van der Waals surface area contributed by atoms with E-state index in [0.717, 1.165) is 24.8 Å². The molecule has 0 radical (unpaired) electrons. The van der Waals surface area contributed by atoms with Crippen molar-refractivity contribution in [1.82, 2.24) is 20.8 Å². The Balaban J connectivity index is 1.71. The summed E-state index contributed by atoms with van der Waals surface area (Å²) in [6.45, 7) is 3.78. The van der Waals surface area contributed by atoms with Gasteiger partial charge in [0.1, 0.15) is 5.69 Å². The summed E-state index contributed by atoms with van der Waals surface area (Å²) in [5.41, 5.74) is 6.74. The van der Waals surface area contributed by atoms with Crippen LogP contribution in [0, 0.1) is 6.92 Å². The minimum Gasteiger partial charge on any atom is -0.280 e. The molecule has 2 aromatic carbocycles. The molecular formula is C23H25N5O4S. The average Bonchev–Trinajstić information content (AvgIpc) is 2.82. The predicted octanol–water partition coefficient (Wildman–Crippen LogP) is 3.00. The van der Waals surface area contributed by atoms with Gasteiger partial charge in [0.25, 0.3) is 21.8 Å². The van der Waals surface area contributed by atoms with Gasteiger partial charge in [-0.3, -0.25) is 30.1 Å². The van der Waals surface area contributed by atoms with E-state index in [1.807, 2.05) is 12.1 Å². The third-order valence-corrected chi connectivity index (χ3v) is 6.25. The summed E-state index contributed by atoms with van der Waals surface area (Å²) in [6, 6.07) is 11.4. The number of aromatic nitrogens is 2. The predicted molar refractivity (Wildman–Crippen MR) is 124 cm³/mol. The Morgan fingerprint density at radius 2 is 1.70 bits per heavy atom. The standard InChI is InChI=1S/C23H25N5O4S/c1-3-4-5-17-7-9-18(10-8-17)28-33(31,32)19-11-6-16(2)20(14-19)22(29)26-27-23(30)21-15-24-12-13-25-21/h6-15,28H,3-5H2,1-2H3,(H,26,29)(H,27,30). The molecule has 1 heterocycles. The summed E-state index contributed by atoms with van der Waals surface area (Å²) in [7, 11) is -3.93. The van der Waals surface area contributed by atoms with Crippen molar-refractivity contribution >= 4 is 27.5 Å². The number of hydrogen-bond donors (Lipinski definition) is 3. The second-order valence-electron chi connectivity index (χ2n) is 7.38. The highest BCUT2D eigenvalue weighted by Crippen LogP contribution is 2.20. The number of hydrazine groups is 1. The first-order chi connectivity index (χ1) is 15.8. The normalized spacial score (nSPS) is 11.0. The summed E-state index contributed by atoms with van der Waals surface area (Å²) in [5, 5.41) is 0. The van der Waals surface area contributed by atoms with Crippen molar-refractivity contribution in [3.8, 4) is 0 Å². The molecule has 0 unspecified atom stereocenters. The monoisotopic (exact) mass is 467 g/mol. The van der Waals surface area contributed by atoms with E-state index < -0.39 is 21.8 Å². The number of nitrogens with one attached hydrogen (secondary N) is 3. The molecule has 0 bridgehead atoms. The van der Waals surface area contributed by atoms with E-state index in [-0.39, 0.29) is 16.2 Å². The van der Waals surface area contributed by atoms with Crippen LogP contribution in [-0.4, -0.2) is 30.2 Å². The summed E-state index contributed by atoms with van der Waals surface area (Å²) in [4.78, 5) is 32.2. The number of nitrogens with zero attached hydrogens (tertiary/aromatic N) is 2. The van der Waals surface area contributed by atoms with Gasteiger partial charge in [0.2, 0.25) is 0 Å². The van der Waals surface area contributed by atoms with Gasteiger partial charge < -0.3 is 0 Å². The number of rotatable bonds is 8. The Morgan fingerprint density at radius 3 is 2.36 bits per heavy atom. The zero-order valence-corrected chi connectivity index (χ0v) is 19.1. The van der Waals surface area contributed by atoms with Gasteiger partial charge in [-0.15, -0.1) is 0 Å². The van der Waals surface area contributed by atoms with E-state index >= 15 is 0 Å². The molecule has 1 aromatic heterocycles. The molecule has 3 rings (SSSR count). The third-order valence-electron chi connectivity index (χ3n) is 4.87. The third kappa shape index (κ3) is 6.36. The molecule has 3 N–H and O–H groups in total. The Labute approximate surface area is 192 Å². The minimum atomic E-state index is -3.93. The molecule has 33 heavy (non-hydrogen) atoms. The van der Waals surface area contributed by atoms with Crippen LogP contribution in [0.1, 0.15) is 51.7 Å². The SMILES string of the molecule is CCCCc1ccc(NS(=O)(=O)c2ccc(C)c(C(=O)NNC(=O)c3cnccn3)c2)cc1. The lowest BCUT2D eigenvalue weighted by Gasteiger charge is -2.12. The Bertz CT molecular complexity index is 1230. The number of carbonyl (C=O) groups excluding carboxylic acids is 2. The maximum atomic E-state index is 12.9. The van der Waals surface area contributed by atoms with Crippen LogP contribution in [0.15, 0.2) is 66.0 Å². The van der Waals surface area contributed by atoms with E-state index in [1.165, 1.54) is 36.8 Å². The van der Waals surface area contributed by atoms with Gasteiger partial charge in [-0.1, -0.05) is 31.5 Å². The fourth-order valence-corrected chi connectivity index (χ4v) is 4.09. The highest BCUT2D eigenvalue weighted by Gasteiger charge is 2.19. The fraction of sp³-hybridized carbons (Fsp3) is 0.217. The molecule has 0 saturated heterocycles. The quantitative estimate of drug-likeness (QED) is 0.437. The van der Waals surface area contributed by atoms with E-state index in [1.54, 1.807) is 19.1 Å². The van der Waals surface area contributed by atoms with Crippen molar-refractivity contribution in [3.63, 3.8) is 0 Å². The molecule has 0 fully saturated rings. The maximum absolute atomic E-state index is 12.9. The van der Waals surface area contributed by atoms with Crippen LogP contribution in [0.5, 0.6) is 0 Å². The fourth-order valence-electron chi connectivity index (χ4n) is 3.01. The van der Waals surface area contributed by atoms with Crippen molar-refractivity contribution in [1.29, 1.82) is 0 Å². The maximum Gasteiger partial charge on any atom is 0.289 e. The summed E-state index contributed by atoms with van der Waals surface area (Å²) >= 11 is 0. The molecule has 10 heteroatoms. The van der Waals surface area contributed by atoms with E-state index in [9.17, 15) is 18.0 Å². The van der Waals surface area contributed by atoms with Gasteiger partial charge in [0, 0.05) is 23.6 Å². The lowest BCUT2D eigenvalue weighted by Crippen LogP contribution is -2.42. The van der Waals surface area contributed by atoms with Crippen molar-refractivity contribution in [3.05, 3.63) is 83.4 Å². The van der Waals surface area contributed by atoms with Gasteiger partial charge in [-0.25, -0.2) is 13.4 Å². The van der Waals surface area contributed by atoms with E-state index in [0.29, 0.717) is 11.3 Å². The molecule has 2 amide bonds. The lowest BCUT2D eigenvalue weighted by molar-refractivity contribution is 0.0843. The van der Waals surface area contributed by atoms with Gasteiger partial charge >= 0.3 is 0 Å². The molecule has 9 nitrogen and oxygen atoms in total. The molecule has 0 saturated carbocycles. The van der Waals surface area contributed by atoms with Crippen LogP contribution in [0.25, 0.3) is 0 Å². The first-order valence-corrected chi connectivity index (χ1v) is 11.9. The first-order valence-electron chi connectivity index (χ1n) is 10.4. The smallest absolute Gasteiger partial charge is 0.280 e. The number of amides is 2. The lowest BCUT2D eigenvalue weighted by atomic mass is 10.1. The number of carbonyl (C=O) groups is 2. The number of unbranched alkanes of at least 4 members (excludes halogenated alkanes) is 1. The highest BCUT2D eigenvalue weighted by atomic mass is 32.2. The topological polar surface area (TPSA) is 130 Å². The van der Waals surface area contributed by atoms with Gasteiger partial charge in [-0.2, -0.15) is 0 Å². The van der Waals surface area contributed by atoms with Crippen LogP contribution in [-0.2, 0) is 16.4 Å². The Morgan fingerprint density at radius 1 is 0.970 bits per heavy atom. The second-order valence-corrected chi connectivity index (χ2v) is 9.06. The molecule has 0 aliphatic carbocycles. The summed E-state index contributed by atoms with van der Waals surface area (Å²) < 4.78 is 28.3. The van der Waals surface area contributed by atoms with E-state index in [4.69, 9.17) is 0 Å². The number of hydrogen-bond acceptors (Lipinski definition) is 6. The molecule has 0 spiro atoms. The minimum absolute atomic E-state index is 0.0239. The number of benzene rings is 2. The van der Waals surface area contributed by atoms with Crippen molar-refractivity contribution in [2.45, 2.75) is 38.0 Å². The summed E-state index contributed by atoms with van der Waals surface area (Å²) in [5.74, 6) is -1.32. The number of anilines is 1. The number of sulfonamides is 1. The van der Waals surface area contributed by atoms with Gasteiger partial charge in [0.05, 0.1) is 11.1 Å². The Hall–Kier alpha value is -3.79. The van der Waals surface area contributed by atoms with Gasteiger partial charge in [-0.05, 0) is 55.2 Å². The van der Waals surface area contributed by atoms with Crippen molar-refractivity contribution < 1.29 is 18.0 Å². The second kappa shape index (κ2) is 10.7. The van der Waals surface area contributed by atoms with Crippen molar-refractivity contribution in [2.24, 2.45) is 0 Å². The van der Waals surface area contributed by atoms with Gasteiger partial charge in [0.15, 0.2) is 0 Å². The molecule has 0 atom stereocenters. The van der Waals surface area contributed by atoms with Crippen LogP contribution in [0.2, 0.25) is 0 Å². The molecule has 0 aliphatic heterocycles. The largest absolute Gasteiger partial charge is 0.289 e.